The lowest BCUT2D eigenvalue weighted by Crippen LogP contribution is -1.82. The Labute approximate surface area is 161 Å². The first-order valence-electron chi connectivity index (χ1n) is 8.50. The molecule has 0 aliphatic carbocycles. The second-order valence-corrected chi connectivity index (χ2v) is 6.87. The van der Waals surface area contributed by atoms with Crippen LogP contribution < -0.4 is 0 Å². The molecule has 1 aromatic heterocycles. The van der Waals surface area contributed by atoms with Crippen LogP contribution in [0.25, 0.3) is 22.6 Å². The molecule has 1 heterocycles. The molecule has 0 aliphatic heterocycles. The zero-order valence-electron chi connectivity index (χ0n) is 14.9. The van der Waals surface area contributed by atoms with Gasteiger partial charge in [0.25, 0.3) is 0 Å². The molecule has 4 rings (SSSR count). The van der Waals surface area contributed by atoms with Crippen molar-refractivity contribution in [2.24, 2.45) is 4.99 Å². The maximum atomic E-state index is 9.84. The van der Waals surface area contributed by atoms with Gasteiger partial charge >= 0.3 is 0 Å². The van der Waals surface area contributed by atoms with Gasteiger partial charge in [0.05, 0.1) is 5.69 Å². The third kappa shape index (κ3) is 3.57. The maximum Gasteiger partial charge on any atom is 0.227 e. The van der Waals surface area contributed by atoms with Crippen molar-refractivity contribution in [3.05, 3.63) is 76.3 Å². The lowest BCUT2D eigenvalue weighted by atomic mass is 10.1. The van der Waals surface area contributed by atoms with Crippen molar-refractivity contribution in [1.29, 1.82) is 0 Å². The summed E-state index contributed by atoms with van der Waals surface area (Å²) in [5, 5.41) is 10.4. The molecule has 0 aliphatic rings. The van der Waals surface area contributed by atoms with E-state index in [-0.39, 0.29) is 5.75 Å². The van der Waals surface area contributed by atoms with Gasteiger partial charge in [0.15, 0.2) is 5.58 Å². The molecule has 0 radical (unpaired) electrons. The van der Waals surface area contributed by atoms with Crippen molar-refractivity contribution < 1.29 is 9.52 Å². The fourth-order valence-corrected chi connectivity index (χ4v) is 2.95. The normalized spacial score (nSPS) is 11.5. The predicted octanol–water partition coefficient (Wildman–Crippen LogP) is 6.22. The molecule has 0 bridgehead atoms. The van der Waals surface area contributed by atoms with Crippen LogP contribution in [0.2, 0.25) is 5.02 Å². The molecule has 0 spiro atoms. The number of phenols is 1. The number of hydrogen-bond donors (Lipinski definition) is 1. The number of aryl methyl sites for hydroxylation is 2. The number of halogens is 1. The van der Waals surface area contributed by atoms with Gasteiger partial charge in [-0.05, 0) is 79.6 Å². The third-order valence-electron chi connectivity index (χ3n) is 4.46. The van der Waals surface area contributed by atoms with E-state index >= 15 is 0 Å². The number of benzene rings is 3. The van der Waals surface area contributed by atoms with E-state index in [1.807, 2.05) is 36.4 Å². The van der Waals surface area contributed by atoms with Crippen LogP contribution in [-0.2, 0) is 0 Å². The van der Waals surface area contributed by atoms with Gasteiger partial charge < -0.3 is 9.52 Å². The Morgan fingerprint density at radius 2 is 1.74 bits per heavy atom. The zero-order chi connectivity index (χ0) is 19.0. The van der Waals surface area contributed by atoms with Gasteiger partial charge in [-0.25, -0.2) is 4.98 Å². The molecule has 3 aromatic carbocycles. The summed E-state index contributed by atoms with van der Waals surface area (Å²) in [6.45, 7) is 4.12. The van der Waals surface area contributed by atoms with Crippen molar-refractivity contribution in [2.45, 2.75) is 13.8 Å². The van der Waals surface area contributed by atoms with Crippen LogP contribution in [-0.4, -0.2) is 16.3 Å². The number of nitrogens with zero attached hydrogens (tertiary/aromatic N) is 2. The molecule has 0 saturated heterocycles. The number of hydrogen-bond acceptors (Lipinski definition) is 4. The molecule has 4 nitrogen and oxygen atoms in total. The van der Waals surface area contributed by atoms with Crippen molar-refractivity contribution in [3.63, 3.8) is 0 Å². The number of phenolic OH excluding ortho intramolecular Hbond substituents is 1. The van der Waals surface area contributed by atoms with E-state index in [2.05, 4.69) is 23.8 Å². The summed E-state index contributed by atoms with van der Waals surface area (Å²) >= 11 is 5.95. The predicted molar refractivity (Wildman–Crippen MR) is 109 cm³/mol. The Kier molecular flexibility index (Phi) is 4.42. The second kappa shape index (κ2) is 6.89. The van der Waals surface area contributed by atoms with E-state index in [9.17, 15) is 5.11 Å². The fraction of sp³-hybridized carbons (Fsp3) is 0.0909. The molecule has 1 N–H and O–H groups in total. The van der Waals surface area contributed by atoms with Gasteiger partial charge in [-0.15, -0.1) is 0 Å². The quantitative estimate of drug-likeness (QED) is 0.432. The van der Waals surface area contributed by atoms with E-state index in [0.29, 0.717) is 16.5 Å². The van der Waals surface area contributed by atoms with E-state index in [1.54, 1.807) is 24.4 Å². The summed E-state index contributed by atoms with van der Waals surface area (Å²) in [6.07, 6.45) is 1.58. The Bertz CT molecular complexity index is 1120. The molecule has 134 valence electrons. The van der Waals surface area contributed by atoms with Gasteiger partial charge in [0, 0.05) is 22.4 Å². The van der Waals surface area contributed by atoms with Crippen LogP contribution in [0.15, 0.2) is 64.0 Å². The molecular formula is C22H17ClN2O2. The minimum Gasteiger partial charge on any atom is -0.507 e. The number of rotatable bonds is 3. The topological polar surface area (TPSA) is 58.6 Å². The highest BCUT2D eigenvalue weighted by molar-refractivity contribution is 6.30. The Morgan fingerprint density at radius 3 is 2.52 bits per heavy atom. The van der Waals surface area contributed by atoms with Gasteiger partial charge in [0.2, 0.25) is 5.89 Å². The first-order chi connectivity index (χ1) is 13.0. The van der Waals surface area contributed by atoms with Gasteiger partial charge in [-0.3, -0.25) is 4.99 Å². The van der Waals surface area contributed by atoms with Crippen molar-refractivity contribution in [3.8, 4) is 17.2 Å². The third-order valence-corrected chi connectivity index (χ3v) is 4.70. The SMILES string of the molecule is Cc1cc2nc(-c3ccc(N=Cc4cc(Cl)ccc4O)cc3)oc2cc1C. The number of oxazole rings is 1. The number of aliphatic imine (C=N–C) groups is 1. The van der Waals surface area contributed by atoms with E-state index < -0.39 is 0 Å². The largest absolute Gasteiger partial charge is 0.507 e. The average molecular weight is 377 g/mol. The van der Waals surface area contributed by atoms with Crippen molar-refractivity contribution >= 4 is 34.6 Å². The van der Waals surface area contributed by atoms with Crippen molar-refractivity contribution in [1.82, 2.24) is 4.98 Å². The Morgan fingerprint density at radius 1 is 1.00 bits per heavy atom. The monoisotopic (exact) mass is 376 g/mol. The van der Waals surface area contributed by atoms with Crippen LogP contribution in [0.4, 0.5) is 5.69 Å². The fourth-order valence-electron chi connectivity index (χ4n) is 2.77. The summed E-state index contributed by atoms with van der Waals surface area (Å²) in [4.78, 5) is 8.96. The lowest BCUT2D eigenvalue weighted by molar-refractivity contribution is 0.474. The van der Waals surface area contributed by atoms with Crippen LogP contribution in [0.3, 0.4) is 0 Å². The molecule has 0 atom stereocenters. The average Bonchev–Trinajstić information content (AvgIpc) is 3.06. The van der Waals surface area contributed by atoms with E-state index in [1.165, 1.54) is 11.1 Å². The highest BCUT2D eigenvalue weighted by atomic mass is 35.5. The standard InChI is InChI=1S/C22H17ClN2O2/c1-13-9-19-21(10-14(13)2)27-22(25-19)15-3-6-18(7-4-15)24-12-16-11-17(23)5-8-20(16)26/h3-12,26H,1-2H3. The Hall–Kier alpha value is -3.11. The molecular weight excluding hydrogens is 360 g/mol. The first-order valence-corrected chi connectivity index (χ1v) is 8.88. The highest BCUT2D eigenvalue weighted by Crippen LogP contribution is 2.28. The van der Waals surface area contributed by atoms with Crippen LogP contribution in [0.5, 0.6) is 5.75 Å². The second-order valence-electron chi connectivity index (χ2n) is 6.43. The Balaban J connectivity index is 1.60. The van der Waals surface area contributed by atoms with E-state index in [4.69, 9.17) is 16.0 Å². The lowest BCUT2D eigenvalue weighted by Gasteiger charge is -2.00. The van der Waals surface area contributed by atoms with Gasteiger partial charge in [-0.2, -0.15) is 0 Å². The van der Waals surface area contributed by atoms with Gasteiger partial charge in [0.1, 0.15) is 11.3 Å². The molecule has 0 fully saturated rings. The number of aromatic hydroxyl groups is 1. The van der Waals surface area contributed by atoms with Crippen LogP contribution in [0.1, 0.15) is 16.7 Å². The maximum absolute atomic E-state index is 9.84. The minimum absolute atomic E-state index is 0.136. The smallest absolute Gasteiger partial charge is 0.227 e. The summed E-state index contributed by atoms with van der Waals surface area (Å²) in [5.41, 5.74) is 6.21. The first kappa shape index (κ1) is 17.3. The van der Waals surface area contributed by atoms with Crippen LogP contribution >= 0.6 is 11.6 Å². The van der Waals surface area contributed by atoms with Crippen molar-refractivity contribution in [2.75, 3.05) is 0 Å². The number of aromatic nitrogens is 1. The molecule has 0 amide bonds. The summed E-state index contributed by atoms with van der Waals surface area (Å²) in [6, 6.07) is 16.5. The number of fused-ring (bicyclic) bond motifs is 1. The molecule has 4 aromatic rings. The molecule has 5 heteroatoms. The van der Waals surface area contributed by atoms with E-state index in [0.717, 1.165) is 22.4 Å². The minimum atomic E-state index is 0.136. The summed E-state index contributed by atoms with van der Waals surface area (Å²) in [5.74, 6) is 0.717. The summed E-state index contributed by atoms with van der Waals surface area (Å²) in [7, 11) is 0. The summed E-state index contributed by atoms with van der Waals surface area (Å²) < 4.78 is 5.89. The molecule has 0 saturated carbocycles. The molecule has 27 heavy (non-hydrogen) atoms. The molecule has 0 unspecified atom stereocenters. The van der Waals surface area contributed by atoms with Gasteiger partial charge in [-0.1, -0.05) is 11.6 Å². The van der Waals surface area contributed by atoms with Crippen LogP contribution in [0, 0.1) is 13.8 Å². The zero-order valence-corrected chi connectivity index (χ0v) is 15.7. The highest BCUT2D eigenvalue weighted by Gasteiger charge is 2.09.